The number of nitrogens with zero attached hydrogens (tertiary/aromatic N) is 1. The molecule has 0 radical (unpaired) electrons. The minimum atomic E-state index is -0.306. The van der Waals surface area contributed by atoms with E-state index < -0.39 is 0 Å². The molecule has 0 bridgehead atoms. The Hall–Kier alpha value is -1.71. The van der Waals surface area contributed by atoms with Crippen LogP contribution in [0.2, 0.25) is 0 Å². The van der Waals surface area contributed by atoms with Crippen LogP contribution in [0.1, 0.15) is 0 Å². The van der Waals surface area contributed by atoms with E-state index in [0.29, 0.717) is 0 Å². The molecule has 11 heavy (non-hydrogen) atoms. The summed E-state index contributed by atoms with van der Waals surface area (Å²) in [6.07, 6.45) is 0. The lowest BCUT2D eigenvalue weighted by molar-refractivity contribution is 1.52. The van der Waals surface area contributed by atoms with E-state index in [1.54, 1.807) is 0 Å². The predicted octanol–water partition coefficient (Wildman–Crippen LogP) is 1.03. The second-order valence-corrected chi connectivity index (χ2v) is 2.00. The Bertz CT molecular complexity index is 336. The molecule has 0 amide bonds. The summed E-state index contributed by atoms with van der Waals surface area (Å²) in [7, 11) is 0. The maximum atomic E-state index is 10.8. The van der Waals surface area contributed by atoms with Gasteiger partial charge in [-0.1, -0.05) is 0 Å². The molecule has 0 fully saturated rings. The van der Waals surface area contributed by atoms with E-state index in [-0.39, 0.29) is 16.8 Å². The highest BCUT2D eigenvalue weighted by molar-refractivity contribution is 5.44. The van der Waals surface area contributed by atoms with Crippen LogP contribution in [-0.2, 0) is 0 Å². The molecule has 0 saturated carbocycles. The summed E-state index contributed by atoms with van der Waals surface area (Å²) < 4.78 is 0. The topological polar surface area (TPSA) is 72.5 Å². The van der Waals surface area contributed by atoms with E-state index in [9.17, 15) is 9.70 Å². The lowest BCUT2D eigenvalue weighted by atomic mass is 10.4. The lowest BCUT2D eigenvalue weighted by Crippen LogP contribution is -2.01. The second-order valence-electron chi connectivity index (χ2n) is 2.00. The Kier molecular flexibility index (Phi) is 1.96. The number of hydrogen-bond donors (Lipinski definition) is 1. The number of rotatable bonds is 1. The van der Waals surface area contributed by atoms with Gasteiger partial charge in [0.1, 0.15) is 5.69 Å². The molecule has 4 nitrogen and oxygen atoms in total. The molecular weight excluding hydrogens is 144 g/mol. The first kappa shape index (κ1) is 7.40. The van der Waals surface area contributed by atoms with Gasteiger partial charge in [0.05, 0.1) is 5.69 Å². The molecule has 0 atom stereocenters. The Morgan fingerprint density at radius 2 is 1.82 bits per heavy atom. The van der Waals surface area contributed by atoms with Crippen LogP contribution in [0.25, 0.3) is 0 Å². The second kappa shape index (κ2) is 2.92. The third-order valence-electron chi connectivity index (χ3n) is 1.23. The van der Waals surface area contributed by atoms with Gasteiger partial charge in [-0.15, -0.1) is 4.91 Å². The molecule has 1 rings (SSSR count). The van der Waals surface area contributed by atoms with Gasteiger partial charge in [-0.05, 0) is 29.4 Å². The Balaban J connectivity index is 3.39. The molecule has 0 aliphatic heterocycles. The van der Waals surface area contributed by atoms with Crippen LogP contribution < -0.4 is 11.2 Å². The average Bonchev–Trinajstić information content (AvgIpc) is 2.16. The summed E-state index contributed by atoms with van der Waals surface area (Å²) in [5.74, 6) is 0. The highest BCUT2D eigenvalue weighted by atomic mass is 16.3. The van der Waals surface area contributed by atoms with Crippen LogP contribution in [0.4, 0.5) is 11.4 Å². The zero-order valence-corrected chi connectivity index (χ0v) is 5.65. The van der Waals surface area contributed by atoms with E-state index in [2.05, 4.69) is 5.18 Å². The number of anilines is 1. The van der Waals surface area contributed by atoms with Crippen molar-refractivity contribution >= 4 is 11.4 Å². The fraction of sp³-hybridized carbons (Fsp3) is 0. The fourth-order valence-electron chi connectivity index (χ4n) is 0.631. The van der Waals surface area contributed by atoms with Gasteiger partial charge in [0, 0.05) is 0 Å². The summed E-state index contributed by atoms with van der Waals surface area (Å²) in [5.41, 5.74) is 5.27. The lowest BCUT2D eigenvalue weighted by Gasteiger charge is -1.76. The molecule has 56 valence electrons. The van der Waals surface area contributed by atoms with Crippen LogP contribution in [0, 0.1) is 4.91 Å². The summed E-state index contributed by atoms with van der Waals surface area (Å²) in [6.45, 7) is 0. The molecule has 0 spiro atoms. The number of hydrogen-bond acceptors (Lipinski definition) is 4. The van der Waals surface area contributed by atoms with Crippen molar-refractivity contribution in [1.29, 1.82) is 0 Å². The van der Waals surface area contributed by atoms with Gasteiger partial charge >= 0.3 is 0 Å². The molecule has 0 aromatic heterocycles. The molecule has 0 unspecified atom stereocenters. The first-order chi connectivity index (χ1) is 5.24. The van der Waals surface area contributed by atoms with Crippen molar-refractivity contribution in [2.45, 2.75) is 0 Å². The normalized spacial score (nSPS) is 9.09. The molecule has 4 heteroatoms. The van der Waals surface area contributed by atoms with Gasteiger partial charge in [0.2, 0.25) is 5.43 Å². The summed E-state index contributed by atoms with van der Waals surface area (Å²) in [4.78, 5) is 20.8. The molecule has 0 aliphatic carbocycles. The van der Waals surface area contributed by atoms with Crippen molar-refractivity contribution in [2.75, 3.05) is 5.73 Å². The average molecular weight is 150 g/mol. The maximum absolute atomic E-state index is 10.8. The third kappa shape index (κ3) is 1.61. The van der Waals surface area contributed by atoms with Crippen LogP contribution >= 0.6 is 0 Å². The molecule has 1 aromatic carbocycles. The third-order valence-corrected chi connectivity index (χ3v) is 1.23. The highest BCUT2D eigenvalue weighted by Crippen LogP contribution is 2.07. The smallest absolute Gasteiger partial charge is 0.201 e. The van der Waals surface area contributed by atoms with E-state index in [1.165, 1.54) is 24.3 Å². The van der Waals surface area contributed by atoms with Gasteiger partial charge < -0.3 is 5.73 Å². The van der Waals surface area contributed by atoms with Crippen molar-refractivity contribution in [3.05, 3.63) is 39.4 Å². The highest BCUT2D eigenvalue weighted by Gasteiger charge is 1.90. The molecule has 1 aromatic rings. The number of nitroso groups, excluding NO2 is 1. The first-order valence-electron chi connectivity index (χ1n) is 2.97. The zero-order chi connectivity index (χ0) is 8.27. The van der Waals surface area contributed by atoms with E-state index >= 15 is 0 Å². The van der Waals surface area contributed by atoms with Crippen LogP contribution in [-0.4, -0.2) is 0 Å². The van der Waals surface area contributed by atoms with E-state index in [1.807, 2.05) is 0 Å². The largest absolute Gasteiger partial charge is 0.396 e. The maximum Gasteiger partial charge on any atom is 0.201 e. The summed E-state index contributed by atoms with van der Waals surface area (Å²) in [6, 6.07) is 5.29. The van der Waals surface area contributed by atoms with E-state index in [4.69, 9.17) is 5.73 Å². The van der Waals surface area contributed by atoms with Gasteiger partial charge in [0.25, 0.3) is 0 Å². The Labute approximate surface area is 62.6 Å². The monoisotopic (exact) mass is 150 g/mol. The fourth-order valence-corrected chi connectivity index (χ4v) is 0.631. The van der Waals surface area contributed by atoms with Crippen molar-refractivity contribution in [1.82, 2.24) is 0 Å². The van der Waals surface area contributed by atoms with Crippen molar-refractivity contribution < 1.29 is 0 Å². The molecule has 0 aliphatic rings. The predicted molar refractivity (Wildman–Crippen MR) is 42.6 cm³/mol. The SMILES string of the molecule is Nc1ccc(N=O)ccc1=O. The summed E-state index contributed by atoms with van der Waals surface area (Å²) >= 11 is 0. The standard InChI is InChI=1S/C7H6N2O2/c8-6-3-1-5(9-11)2-4-7(6)10/h1-4H,(H2,8,10). The zero-order valence-electron chi connectivity index (χ0n) is 5.65. The summed E-state index contributed by atoms with van der Waals surface area (Å²) in [5, 5.41) is 2.65. The van der Waals surface area contributed by atoms with Crippen LogP contribution in [0.15, 0.2) is 34.2 Å². The molecular formula is C7H6N2O2. The van der Waals surface area contributed by atoms with Crippen LogP contribution in [0.3, 0.4) is 0 Å². The van der Waals surface area contributed by atoms with Gasteiger partial charge in [-0.3, -0.25) is 4.79 Å². The number of nitrogen functional groups attached to an aromatic ring is 1. The Morgan fingerprint density at radius 1 is 1.18 bits per heavy atom. The molecule has 0 saturated heterocycles. The number of nitrogens with two attached hydrogens (primary N) is 1. The van der Waals surface area contributed by atoms with E-state index in [0.717, 1.165) is 0 Å². The quantitative estimate of drug-likeness (QED) is 0.607. The minimum Gasteiger partial charge on any atom is -0.396 e. The molecule has 2 N–H and O–H groups in total. The Morgan fingerprint density at radius 3 is 2.45 bits per heavy atom. The van der Waals surface area contributed by atoms with Crippen molar-refractivity contribution in [2.24, 2.45) is 5.18 Å². The van der Waals surface area contributed by atoms with Gasteiger partial charge in [0.15, 0.2) is 0 Å². The van der Waals surface area contributed by atoms with Crippen molar-refractivity contribution in [3.63, 3.8) is 0 Å². The first-order valence-corrected chi connectivity index (χ1v) is 2.97. The van der Waals surface area contributed by atoms with Gasteiger partial charge in [-0.2, -0.15) is 0 Å². The van der Waals surface area contributed by atoms with Gasteiger partial charge in [-0.25, -0.2) is 0 Å². The minimum absolute atomic E-state index is 0.111. The van der Waals surface area contributed by atoms with Crippen molar-refractivity contribution in [3.8, 4) is 0 Å². The van der Waals surface area contributed by atoms with Crippen LogP contribution in [0.5, 0.6) is 0 Å². The molecule has 0 heterocycles.